The Balaban J connectivity index is 2.33. The van der Waals surface area contributed by atoms with Crippen molar-refractivity contribution in [2.24, 2.45) is 0 Å². The highest BCUT2D eigenvalue weighted by atomic mass is 14.9. The van der Waals surface area contributed by atoms with Gasteiger partial charge in [-0.3, -0.25) is 0 Å². The molecule has 0 aliphatic carbocycles. The fraction of sp³-hybridized carbons (Fsp3) is 0.529. The minimum absolute atomic E-state index is 0.606. The zero-order valence-corrected chi connectivity index (χ0v) is 11.9. The lowest BCUT2D eigenvalue weighted by atomic mass is 9.97. The molecule has 0 heterocycles. The molecule has 1 atom stereocenters. The van der Waals surface area contributed by atoms with Crippen LogP contribution in [0.25, 0.3) is 0 Å². The summed E-state index contributed by atoms with van der Waals surface area (Å²) in [5.74, 6) is 0. The number of unbranched alkanes of at least 4 members (excludes halogenated alkanes) is 3. The lowest BCUT2D eigenvalue weighted by molar-refractivity contribution is 0.486. The van der Waals surface area contributed by atoms with Gasteiger partial charge in [0.15, 0.2) is 0 Å². The summed E-state index contributed by atoms with van der Waals surface area (Å²) in [7, 11) is 2.08. The number of allylic oxidation sites excluding steroid dienone is 1. The van der Waals surface area contributed by atoms with Crippen LogP contribution >= 0.6 is 0 Å². The van der Waals surface area contributed by atoms with Crippen LogP contribution in [-0.2, 0) is 6.42 Å². The van der Waals surface area contributed by atoms with Crippen molar-refractivity contribution >= 4 is 0 Å². The average Bonchev–Trinajstić information content (AvgIpc) is 2.39. The summed E-state index contributed by atoms with van der Waals surface area (Å²) in [5.41, 5.74) is 2.88. The molecule has 18 heavy (non-hydrogen) atoms. The second-order valence-electron chi connectivity index (χ2n) is 5.04. The minimum Gasteiger partial charge on any atom is -0.317 e. The SMILES string of the molecule is C=CCCCCCC(Cc1ccccc1C)NC. The molecule has 0 radical (unpaired) electrons. The van der Waals surface area contributed by atoms with E-state index in [2.05, 4.69) is 50.1 Å². The molecule has 1 N–H and O–H groups in total. The molecular weight excluding hydrogens is 218 g/mol. The van der Waals surface area contributed by atoms with Crippen LogP contribution in [0.1, 0.15) is 43.2 Å². The van der Waals surface area contributed by atoms with E-state index < -0.39 is 0 Å². The summed E-state index contributed by atoms with van der Waals surface area (Å²) in [6, 6.07) is 9.31. The molecule has 0 spiro atoms. The van der Waals surface area contributed by atoms with Crippen LogP contribution < -0.4 is 5.32 Å². The van der Waals surface area contributed by atoms with Crippen molar-refractivity contribution in [2.45, 2.75) is 51.5 Å². The molecule has 0 aliphatic rings. The first-order valence-electron chi connectivity index (χ1n) is 7.10. The molecule has 0 saturated heterocycles. The van der Waals surface area contributed by atoms with Gasteiger partial charge < -0.3 is 5.32 Å². The lowest BCUT2D eigenvalue weighted by Gasteiger charge is -2.17. The van der Waals surface area contributed by atoms with E-state index >= 15 is 0 Å². The van der Waals surface area contributed by atoms with Crippen LogP contribution in [0, 0.1) is 6.92 Å². The maximum atomic E-state index is 3.76. The van der Waals surface area contributed by atoms with Crippen molar-refractivity contribution in [1.82, 2.24) is 5.32 Å². The van der Waals surface area contributed by atoms with E-state index in [-0.39, 0.29) is 0 Å². The van der Waals surface area contributed by atoms with Gasteiger partial charge in [0.05, 0.1) is 0 Å². The molecule has 100 valence electrons. The summed E-state index contributed by atoms with van der Waals surface area (Å²) in [6.45, 7) is 5.96. The summed E-state index contributed by atoms with van der Waals surface area (Å²) < 4.78 is 0. The molecule has 0 fully saturated rings. The van der Waals surface area contributed by atoms with E-state index in [4.69, 9.17) is 0 Å². The lowest BCUT2D eigenvalue weighted by Crippen LogP contribution is -2.27. The highest BCUT2D eigenvalue weighted by Crippen LogP contribution is 2.13. The molecule has 0 amide bonds. The Hall–Kier alpha value is -1.08. The first kappa shape index (κ1) is 15.0. The second-order valence-corrected chi connectivity index (χ2v) is 5.04. The Morgan fingerprint density at radius 1 is 1.22 bits per heavy atom. The predicted octanol–water partition coefficient (Wildman–Crippen LogP) is 4.26. The van der Waals surface area contributed by atoms with E-state index in [9.17, 15) is 0 Å². The van der Waals surface area contributed by atoms with E-state index in [1.807, 2.05) is 6.08 Å². The highest BCUT2D eigenvalue weighted by Gasteiger charge is 2.08. The number of rotatable bonds is 9. The quantitative estimate of drug-likeness (QED) is 0.506. The van der Waals surface area contributed by atoms with Gasteiger partial charge in [0, 0.05) is 6.04 Å². The average molecular weight is 245 g/mol. The smallest absolute Gasteiger partial charge is 0.0105 e. The molecule has 1 rings (SSSR count). The highest BCUT2D eigenvalue weighted by molar-refractivity contribution is 5.26. The Bertz CT molecular complexity index is 343. The number of likely N-dealkylation sites (N-methyl/N-ethyl adjacent to an activating group) is 1. The van der Waals surface area contributed by atoms with Crippen LogP contribution in [0.2, 0.25) is 0 Å². The number of hydrogen-bond donors (Lipinski definition) is 1. The third-order valence-electron chi connectivity index (χ3n) is 3.60. The van der Waals surface area contributed by atoms with Crippen molar-refractivity contribution in [3.8, 4) is 0 Å². The Morgan fingerprint density at radius 3 is 2.67 bits per heavy atom. The Morgan fingerprint density at radius 2 is 2.00 bits per heavy atom. The molecule has 1 aromatic rings. The van der Waals surface area contributed by atoms with Crippen molar-refractivity contribution in [3.05, 3.63) is 48.0 Å². The maximum absolute atomic E-state index is 3.76. The zero-order chi connectivity index (χ0) is 13.2. The largest absolute Gasteiger partial charge is 0.317 e. The van der Waals surface area contributed by atoms with Crippen LogP contribution in [0.15, 0.2) is 36.9 Å². The standard InChI is InChI=1S/C17H27N/c1-4-5-6-7-8-13-17(18-3)14-16-12-10-9-11-15(16)2/h4,9-12,17-18H,1,5-8,13-14H2,2-3H3. The van der Waals surface area contributed by atoms with Gasteiger partial charge >= 0.3 is 0 Å². The van der Waals surface area contributed by atoms with E-state index in [1.54, 1.807) is 0 Å². The monoisotopic (exact) mass is 245 g/mol. The number of hydrogen-bond acceptors (Lipinski definition) is 1. The summed E-state index contributed by atoms with van der Waals surface area (Å²) in [5, 5.41) is 3.45. The van der Waals surface area contributed by atoms with Gasteiger partial charge in [0.2, 0.25) is 0 Å². The molecule has 0 bridgehead atoms. The zero-order valence-electron chi connectivity index (χ0n) is 11.9. The van der Waals surface area contributed by atoms with Gasteiger partial charge in [-0.1, -0.05) is 43.2 Å². The molecule has 0 aromatic heterocycles. The van der Waals surface area contributed by atoms with Gasteiger partial charge in [-0.05, 0) is 50.8 Å². The normalized spacial score (nSPS) is 12.3. The van der Waals surface area contributed by atoms with Crippen LogP contribution in [0.3, 0.4) is 0 Å². The van der Waals surface area contributed by atoms with Crippen molar-refractivity contribution < 1.29 is 0 Å². The summed E-state index contributed by atoms with van der Waals surface area (Å²) >= 11 is 0. The molecule has 0 aliphatic heterocycles. The second kappa shape index (κ2) is 8.93. The molecule has 1 nitrogen and oxygen atoms in total. The third kappa shape index (κ3) is 5.50. The molecule has 1 heteroatoms. The van der Waals surface area contributed by atoms with E-state index in [0.29, 0.717) is 6.04 Å². The Kier molecular flexibility index (Phi) is 7.43. The van der Waals surface area contributed by atoms with Gasteiger partial charge in [0.1, 0.15) is 0 Å². The maximum Gasteiger partial charge on any atom is 0.0105 e. The predicted molar refractivity (Wildman–Crippen MR) is 81.0 cm³/mol. The van der Waals surface area contributed by atoms with Crippen LogP contribution in [-0.4, -0.2) is 13.1 Å². The van der Waals surface area contributed by atoms with E-state index in [1.165, 1.54) is 36.8 Å². The van der Waals surface area contributed by atoms with Crippen LogP contribution in [0.5, 0.6) is 0 Å². The van der Waals surface area contributed by atoms with Gasteiger partial charge in [-0.25, -0.2) is 0 Å². The van der Waals surface area contributed by atoms with Crippen molar-refractivity contribution in [3.63, 3.8) is 0 Å². The minimum atomic E-state index is 0.606. The number of benzene rings is 1. The summed E-state index contributed by atoms with van der Waals surface area (Å²) in [6.07, 6.45) is 9.49. The molecule has 0 saturated carbocycles. The topological polar surface area (TPSA) is 12.0 Å². The molecule has 1 aromatic carbocycles. The molecular formula is C17H27N. The van der Waals surface area contributed by atoms with E-state index in [0.717, 1.165) is 12.8 Å². The molecule has 1 unspecified atom stereocenters. The van der Waals surface area contributed by atoms with Gasteiger partial charge in [0.25, 0.3) is 0 Å². The van der Waals surface area contributed by atoms with Crippen LogP contribution in [0.4, 0.5) is 0 Å². The summed E-state index contributed by atoms with van der Waals surface area (Å²) in [4.78, 5) is 0. The van der Waals surface area contributed by atoms with Crippen molar-refractivity contribution in [2.75, 3.05) is 7.05 Å². The fourth-order valence-electron chi connectivity index (χ4n) is 2.31. The third-order valence-corrected chi connectivity index (χ3v) is 3.60. The first-order valence-corrected chi connectivity index (χ1v) is 7.10. The van der Waals surface area contributed by atoms with Gasteiger partial charge in [-0.2, -0.15) is 0 Å². The van der Waals surface area contributed by atoms with Gasteiger partial charge in [-0.15, -0.1) is 6.58 Å². The number of nitrogens with one attached hydrogen (secondary N) is 1. The Labute approximate surface area is 112 Å². The first-order chi connectivity index (χ1) is 8.77. The number of aryl methyl sites for hydroxylation is 1. The van der Waals surface area contributed by atoms with Crippen molar-refractivity contribution in [1.29, 1.82) is 0 Å². The fourth-order valence-corrected chi connectivity index (χ4v) is 2.31.